The van der Waals surface area contributed by atoms with E-state index in [1.165, 1.54) is 17.5 Å². The third kappa shape index (κ3) is 5.91. The summed E-state index contributed by atoms with van der Waals surface area (Å²) in [4.78, 5) is 4.57. The number of aromatic nitrogens is 1. The number of aryl methyl sites for hydroxylation is 2. The molecule has 0 bridgehead atoms. The average molecular weight is 278 g/mol. The van der Waals surface area contributed by atoms with Gasteiger partial charge in [0.15, 0.2) is 0 Å². The van der Waals surface area contributed by atoms with Crippen LogP contribution in [0.5, 0.6) is 5.88 Å². The van der Waals surface area contributed by atoms with E-state index in [1.54, 1.807) is 0 Å². The molecule has 3 nitrogen and oxygen atoms in total. The molecule has 1 heterocycles. The Labute approximate surface area is 124 Å². The van der Waals surface area contributed by atoms with Crippen LogP contribution in [0.2, 0.25) is 0 Å². The minimum atomic E-state index is 0.733. The number of hydrogen-bond donors (Lipinski definition) is 1. The minimum Gasteiger partial charge on any atom is -0.477 e. The van der Waals surface area contributed by atoms with Gasteiger partial charge in [0.1, 0.15) is 0 Å². The van der Waals surface area contributed by atoms with Crippen molar-refractivity contribution >= 4 is 0 Å². The third-order valence-electron chi connectivity index (χ3n) is 3.33. The van der Waals surface area contributed by atoms with Crippen molar-refractivity contribution in [2.75, 3.05) is 13.2 Å². The van der Waals surface area contributed by atoms with Crippen molar-refractivity contribution in [3.63, 3.8) is 0 Å². The van der Waals surface area contributed by atoms with Gasteiger partial charge in [0, 0.05) is 17.8 Å². The molecule has 0 aliphatic carbocycles. The largest absolute Gasteiger partial charge is 0.477 e. The van der Waals surface area contributed by atoms with Gasteiger partial charge in [0.25, 0.3) is 0 Å². The van der Waals surface area contributed by atoms with Gasteiger partial charge >= 0.3 is 0 Å². The zero-order valence-corrected chi connectivity index (χ0v) is 13.8. The Morgan fingerprint density at radius 1 is 1.30 bits per heavy atom. The molecule has 0 fully saturated rings. The molecule has 0 saturated heterocycles. The number of ether oxygens (including phenoxy) is 1. The number of nitrogens with one attached hydrogen (secondary N) is 1. The topological polar surface area (TPSA) is 34.2 Å². The van der Waals surface area contributed by atoms with Gasteiger partial charge in [-0.05, 0) is 57.2 Å². The summed E-state index contributed by atoms with van der Waals surface area (Å²) in [6.07, 6.45) is 3.44. The fourth-order valence-corrected chi connectivity index (χ4v) is 2.21. The van der Waals surface area contributed by atoms with Crippen LogP contribution in [0.4, 0.5) is 0 Å². The van der Waals surface area contributed by atoms with Crippen LogP contribution >= 0.6 is 0 Å². The van der Waals surface area contributed by atoms with Crippen molar-refractivity contribution in [3.8, 4) is 5.88 Å². The SMILES string of the molecule is CCCNCc1c(C)cc(C)nc1OCCCC(C)C. The van der Waals surface area contributed by atoms with Crippen LogP contribution in [0, 0.1) is 19.8 Å². The van der Waals surface area contributed by atoms with Crippen molar-refractivity contribution in [1.82, 2.24) is 10.3 Å². The monoisotopic (exact) mass is 278 g/mol. The summed E-state index contributed by atoms with van der Waals surface area (Å²) in [5.41, 5.74) is 3.49. The van der Waals surface area contributed by atoms with E-state index in [2.05, 4.69) is 44.1 Å². The van der Waals surface area contributed by atoms with Crippen LogP contribution in [-0.4, -0.2) is 18.1 Å². The van der Waals surface area contributed by atoms with Crippen molar-refractivity contribution < 1.29 is 4.74 Å². The van der Waals surface area contributed by atoms with E-state index in [0.717, 1.165) is 50.0 Å². The van der Waals surface area contributed by atoms with Crippen molar-refractivity contribution in [3.05, 3.63) is 22.9 Å². The van der Waals surface area contributed by atoms with E-state index in [9.17, 15) is 0 Å². The summed E-state index contributed by atoms with van der Waals surface area (Å²) >= 11 is 0. The zero-order valence-electron chi connectivity index (χ0n) is 13.8. The predicted molar refractivity (Wildman–Crippen MR) is 85.3 cm³/mol. The highest BCUT2D eigenvalue weighted by Crippen LogP contribution is 2.21. The van der Waals surface area contributed by atoms with Crippen LogP contribution in [0.15, 0.2) is 6.07 Å². The van der Waals surface area contributed by atoms with Gasteiger partial charge < -0.3 is 10.1 Å². The van der Waals surface area contributed by atoms with Crippen LogP contribution in [0.1, 0.15) is 56.9 Å². The van der Waals surface area contributed by atoms with E-state index in [4.69, 9.17) is 4.74 Å². The van der Waals surface area contributed by atoms with Crippen LogP contribution < -0.4 is 10.1 Å². The number of nitrogens with zero attached hydrogens (tertiary/aromatic N) is 1. The predicted octanol–water partition coefficient (Wildman–Crippen LogP) is 4.01. The highest BCUT2D eigenvalue weighted by Gasteiger charge is 2.10. The van der Waals surface area contributed by atoms with Crippen molar-refractivity contribution in [2.24, 2.45) is 5.92 Å². The summed E-state index contributed by atoms with van der Waals surface area (Å²) in [6, 6.07) is 2.13. The molecule has 3 heteroatoms. The third-order valence-corrected chi connectivity index (χ3v) is 3.33. The molecule has 0 unspecified atom stereocenters. The normalized spacial score (nSPS) is 11.1. The van der Waals surface area contributed by atoms with Gasteiger partial charge in [0.2, 0.25) is 5.88 Å². The molecule has 0 amide bonds. The first kappa shape index (κ1) is 17.0. The molecule has 0 spiro atoms. The number of hydrogen-bond acceptors (Lipinski definition) is 3. The first-order valence-corrected chi connectivity index (χ1v) is 7.85. The Bertz CT molecular complexity index is 402. The first-order valence-electron chi connectivity index (χ1n) is 7.85. The summed E-state index contributed by atoms with van der Waals surface area (Å²) < 4.78 is 5.93. The molecule has 0 atom stereocenters. The second-order valence-electron chi connectivity index (χ2n) is 5.93. The number of rotatable bonds is 9. The molecule has 1 N–H and O–H groups in total. The van der Waals surface area contributed by atoms with E-state index in [0.29, 0.717) is 0 Å². The minimum absolute atomic E-state index is 0.733. The van der Waals surface area contributed by atoms with Gasteiger partial charge in [-0.25, -0.2) is 4.98 Å². The quantitative estimate of drug-likeness (QED) is 0.693. The Morgan fingerprint density at radius 2 is 2.05 bits per heavy atom. The van der Waals surface area contributed by atoms with Crippen molar-refractivity contribution in [1.29, 1.82) is 0 Å². The van der Waals surface area contributed by atoms with Crippen LogP contribution in [0.25, 0.3) is 0 Å². The lowest BCUT2D eigenvalue weighted by atomic mass is 10.1. The molecule has 114 valence electrons. The second kappa shape index (κ2) is 8.96. The summed E-state index contributed by atoms with van der Waals surface area (Å²) in [6.45, 7) is 13.5. The lowest BCUT2D eigenvalue weighted by Crippen LogP contribution is -2.16. The Kier molecular flexibility index (Phi) is 7.60. The first-order chi connectivity index (χ1) is 9.54. The molecular formula is C17H30N2O. The summed E-state index contributed by atoms with van der Waals surface area (Å²) in [7, 11) is 0. The van der Waals surface area contributed by atoms with E-state index < -0.39 is 0 Å². The maximum Gasteiger partial charge on any atom is 0.218 e. The molecule has 0 radical (unpaired) electrons. The Hall–Kier alpha value is -1.09. The van der Waals surface area contributed by atoms with Gasteiger partial charge in [-0.3, -0.25) is 0 Å². The fraction of sp³-hybridized carbons (Fsp3) is 0.706. The van der Waals surface area contributed by atoms with Crippen LogP contribution in [-0.2, 0) is 6.54 Å². The molecule has 20 heavy (non-hydrogen) atoms. The van der Waals surface area contributed by atoms with Gasteiger partial charge in [-0.15, -0.1) is 0 Å². The molecule has 0 aliphatic rings. The fourth-order valence-electron chi connectivity index (χ4n) is 2.21. The molecule has 1 aromatic rings. The van der Waals surface area contributed by atoms with E-state index in [-0.39, 0.29) is 0 Å². The second-order valence-corrected chi connectivity index (χ2v) is 5.93. The van der Waals surface area contributed by atoms with E-state index >= 15 is 0 Å². The molecule has 0 saturated carbocycles. The van der Waals surface area contributed by atoms with Crippen molar-refractivity contribution in [2.45, 2.75) is 60.4 Å². The number of pyridine rings is 1. The Balaban J connectivity index is 2.65. The maximum atomic E-state index is 5.93. The maximum absolute atomic E-state index is 5.93. The summed E-state index contributed by atoms with van der Waals surface area (Å²) in [5.74, 6) is 1.55. The zero-order chi connectivity index (χ0) is 15.0. The molecule has 1 rings (SSSR count). The standard InChI is InChI=1S/C17H30N2O/c1-6-9-18-12-16-14(4)11-15(5)19-17(16)20-10-7-8-13(2)3/h11,13,18H,6-10,12H2,1-5H3. The van der Waals surface area contributed by atoms with E-state index in [1.807, 2.05) is 6.92 Å². The Morgan fingerprint density at radius 3 is 2.70 bits per heavy atom. The molecular weight excluding hydrogens is 248 g/mol. The lowest BCUT2D eigenvalue weighted by molar-refractivity contribution is 0.282. The molecule has 0 aliphatic heterocycles. The highest BCUT2D eigenvalue weighted by molar-refractivity contribution is 5.35. The average Bonchev–Trinajstić information content (AvgIpc) is 2.37. The lowest BCUT2D eigenvalue weighted by Gasteiger charge is -2.15. The van der Waals surface area contributed by atoms with Crippen LogP contribution in [0.3, 0.4) is 0 Å². The molecule has 1 aromatic heterocycles. The summed E-state index contributed by atoms with van der Waals surface area (Å²) in [5, 5.41) is 3.44. The van der Waals surface area contributed by atoms with Gasteiger partial charge in [0.05, 0.1) is 6.61 Å². The smallest absolute Gasteiger partial charge is 0.218 e. The van der Waals surface area contributed by atoms with Gasteiger partial charge in [-0.1, -0.05) is 20.8 Å². The van der Waals surface area contributed by atoms with Gasteiger partial charge in [-0.2, -0.15) is 0 Å². The highest BCUT2D eigenvalue weighted by atomic mass is 16.5. The molecule has 0 aromatic carbocycles.